The molecule has 2 rings (SSSR count). The number of fused-ring (bicyclic) bond motifs is 1. The summed E-state index contributed by atoms with van der Waals surface area (Å²) >= 11 is 0. The molecule has 0 aliphatic rings. The lowest BCUT2D eigenvalue weighted by atomic mass is 9.99. The Morgan fingerprint density at radius 2 is 1.93 bits per heavy atom. The highest BCUT2D eigenvalue weighted by atomic mass is 14.6. The highest BCUT2D eigenvalue weighted by Gasteiger charge is 2.03. The number of aromatic nitrogens is 1. The first-order valence-electron chi connectivity index (χ1n) is 5.57. The Morgan fingerprint density at radius 1 is 1.13 bits per heavy atom. The van der Waals surface area contributed by atoms with Crippen LogP contribution >= 0.6 is 0 Å². The lowest BCUT2D eigenvalue weighted by Crippen LogP contribution is -1.91. The molecule has 0 amide bonds. The summed E-state index contributed by atoms with van der Waals surface area (Å²) < 4.78 is 0. The molecule has 1 aromatic carbocycles. The molecular formula is C14H17N. The SMILES string of the molecule is CCCc1cc2nccc(C)c2cc1C. The van der Waals surface area contributed by atoms with Crippen molar-refractivity contribution in [1.29, 1.82) is 0 Å². The van der Waals surface area contributed by atoms with Gasteiger partial charge >= 0.3 is 0 Å². The molecule has 1 nitrogen and oxygen atoms in total. The molecule has 0 radical (unpaired) electrons. The van der Waals surface area contributed by atoms with E-state index < -0.39 is 0 Å². The number of rotatable bonds is 2. The summed E-state index contributed by atoms with van der Waals surface area (Å²) in [5, 5.41) is 1.29. The molecular weight excluding hydrogens is 182 g/mol. The largest absolute Gasteiger partial charge is 0.256 e. The lowest BCUT2D eigenvalue weighted by Gasteiger charge is -2.08. The van der Waals surface area contributed by atoms with E-state index in [4.69, 9.17) is 0 Å². The predicted octanol–water partition coefficient (Wildman–Crippen LogP) is 3.80. The van der Waals surface area contributed by atoms with Gasteiger partial charge in [-0.1, -0.05) is 13.3 Å². The molecule has 0 aliphatic carbocycles. The lowest BCUT2D eigenvalue weighted by molar-refractivity contribution is 0.914. The molecule has 1 heteroatoms. The van der Waals surface area contributed by atoms with Crippen molar-refractivity contribution >= 4 is 10.9 Å². The molecule has 1 heterocycles. The van der Waals surface area contributed by atoms with E-state index in [0.717, 1.165) is 11.9 Å². The maximum atomic E-state index is 4.43. The van der Waals surface area contributed by atoms with Gasteiger partial charge in [0.05, 0.1) is 5.52 Å². The van der Waals surface area contributed by atoms with Crippen LogP contribution in [-0.4, -0.2) is 4.98 Å². The third-order valence-electron chi connectivity index (χ3n) is 2.94. The van der Waals surface area contributed by atoms with Crippen LogP contribution in [-0.2, 0) is 6.42 Å². The molecule has 0 unspecified atom stereocenters. The molecule has 15 heavy (non-hydrogen) atoms. The fourth-order valence-corrected chi connectivity index (χ4v) is 2.02. The average Bonchev–Trinajstić information content (AvgIpc) is 2.21. The van der Waals surface area contributed by atoms with Gasteiger partial charge < -0.3 is 0 Å². The second kappa shape index (κ2) is 4.01. The average molecular weight is 199 g/mol. The highest BCUT2D eigenvalue weighted by Crippen LogP contribution is 2.21. The van der Waals surface area contributed by atoms with E-state index in [9.17, 15) is 0 Å². The minimum absolute atomic E-state index is 1.13. The van der Waals surface area contributed by atoms with Gasteiger partial charge in [0, 0.05) is 11.6 Å². The van der Waals surface area contributed by atoms with Crippen LogP contribution in [0.15, 0.2) is 24.4 Å². The zero-order chi connectivity index (χ0) is 10.8. The molecule has 2 aromatic rings. The maximum Gasteiger partial charge on any atom is 0.0707 e. The van der Waals surface area contributed by atoms with E-state index >= 15 is 0 Å². The zero-order valence-electron chi connectivity index (χ0n) is 9.67. The molecule has 0 spiro atoms. The highest BCUT2D eigenvalue weighted by molar-refractivity contribution is 5.83. The fourth-order valence-electron chi connectivity index (χ4n) is 2.02. The van der Waals surface area contributed by atoms with Gasteiger partial charge in [0.15, 0.2) is 0 Å². The van der Waals surface area contributed by atoms with Crippen LogP contribution in [0.4, 0.5) is 0 Å². The van der Waals surface area contributed by atoms with E-state index in [1.54, 1.807) is 0 Å². The van der Waals surface area contributed by atoms with Crippen molar-refractivity contribution in [3.05, 3.63) is 41.1 Å². The van der Waals surface area contributed by atoms with E-state index in [1.165, 1.54) is 28.5 Å². The number of benzene rings is 1. The van der Waals surface area contributed by atoms with Crippen LogP contribution in [0.3, 0.4) is 0 Å². The number of pyridine rings is 1. The fraction of sp³-hybridized carbons (Fsp3) is 0.357. The minimum atomic E-state index is 1.13. The van der Waals surface area contributed by atoms with Gasteiger partial charge in [0.1, 0.15) is 0 Å². The van der Waals surface area contributed by atoms with Gasteiger partial charge in [-0.25, -0.2) is 0 Å². The van der Waals surface area contributed by atoms with Gasteiger partial charge in [-0.15, -0.1) is 0 Å². The number of nitrogens with zero attached hydrogens (tertiary/aromatic N) is 1. The predicted molar refractivity (Wildman–Crippen MR) is 65.2 cm³/mol. The number of hydrogen-bond donors (Lipinski definition) is 0. The minimum Gasteiger partial charge on any atom is -0.256 e. The standard InChI is InChI=1S/C14H17N/c1-4-5-12-9-14-13(8-11(12)3)10(2)6-7-15-14/h6-9H,4-5H2,1-3H3. The third-order valence-corrected chi connectivity index (χ3v) is 2.94. The van der Waals surface area contributed by atoms with Gasteiger partial charge in [-0.3, -0.25) is 4.98 Å². The number of hydrogen-bond acceptors (Lipinski definition) is 1. The van der Waals surface area contributed by atoms with Crippen molar-refractivity contribution in [1.82, 2.24) is 4.98 Å². The first kappa shape index (κ1) is 10.2. The molecule has 0 aliphatic heterocycles. The zero-order valence-corrected chi connectivity index (χ0v) is 9.67. The summed E-state index contributed by atoms with van der Waals surface area (Å²) in [6.07, 6.45) is 4.23. The topological polar surface area (TPSA) is 12.9 Å². The Bertz CT molecular complexity index is 486. The second-order valence-electron chi connectivity index (χ2n) is 4.17. The first-order valence-corrected chi connectivity index (χ1v) is 5.57. The van der Waals surface area contributed by atoms with Crippen molar-refractivity contribution in [2.45, 2.75) is 33.6 Å². The van der Waals surface area contributed by atoms with Crippen LogP contribution in [0.1, 0.15) is 30.0 Å². The van der Waals surface area contributed by atoms with Gasteiger partial charge in [-0.05, 0) is 55.2 Å². The van der Waals surface area contributed by atoms with E-state index in [1.807, 2.05) is 6.20 Å². The Hall–Kier alpha value is -1.37. The molecule has 0 atom stereocenters. The second-order valence-corrected chi connectivity index (χ2v) is 4.17. The molecule has 0 saturated heterocycles. The molecule has 78 valence electrons. The smallest absolute Gasteiger partial charge is 0.0707 e. The van der Waals surface area contributed by atoms with E-state index in [2.05, 4.69) is 44.0 Å². The molecule has 0 N–H and O–H groups in total. The van der Waals surface area contributed by atoms with Crippen LogP contribution in [0.5, 0.6) is 0 Å². The molecule has 1 aromatic heterocycles. The van der Waals surface area contributed by atoms with Crippen LogP contribution in [0.25, 0.3) is 10.9 Å². The Labute approximate surface area is 91.2 Å². The van der Waals surface area contributed by atoms with Crippen molar-refractivity contribution < 1.29 is 0 Å². The van der Waals surface area contributed by atoms with E-state index in [0.29, 0.717) is 0 Å². The normalized spacial score (nSPS) is 10.9. The van der Waals surface area contributed by atoms with Crippen molar-refractivity contribution in [2.75, 3.05) is 0 Å². The van der Waals surface area contributed by atoms with Crippen molar-refractivity contribution in [3.63, 3.8) is 0 Å². The Kier molecular flexibility index (Phi) is 2.72. The van der Waals surface area contributed by atoms with Gasteiger partial charge in [-0.2, -0.15) is 0 Å². The summed E-state index contributed by atoms with van der Waals surface area (Å²) in [4.78, 5) is 4.43. The summed E-state index contributed by atoms with van der Waals surface area (Å²) in [5.41, 5.74) is 5.26. The first-order chi connectivity index (χ1) is 7.22. The maximum absolute atomic E-state index is 4.43. The van der Waals surface area contributed by atoms with Gasteiger partial charge in [0.25, 0.3) is 0 Å². The summed E-state index contributed by atoms with van der Waals surface area (Å²) in [6.45, 7) is 6.55. The Morgan fingerprint density at radius 3 is 2.67 bits per heavy atom. The summed E-state index contributed by atoms with van der Waals surface area (Å²) in [7, 11) is 0. The number of aryl methyl sites for hydroxylation is 3. The van der Waals surface area contributed by atoms with Crippen LogP contribution in [0.2, 0.25) is 0 Å². The van der Waals surface area contributed by atoms with Crippen molar-refractivity contribution in [2.24, 2.45) is 0 Å². The molecule has 0 fully saturated rings. The third kappa shape index (κ3) is 1.87. The molecule has 0 bridgehead atoms. The van der Waals surface area contributed by atoms with Crippen LogP contribution in [0, 0.1) is 13.8 Å². The van der Waals surface area contributed by atoms with E-state index in [-0.39, 0.29) is 0 Å². The van der Waals surface area contributed by atoms with Gasteiger partial charge in [0.2, 0.25) is 0 Å². The van der Waals surface area contributed by atoms with Crippen molar-refractivity contribution in [3.8, 4) is 0 Å². The summed E-state index contributed by atoms with van der Waals surface area (Å²) in [6, 6.07) is 6.57. The Balaban J connectivity index is 2.65. The van der Waals surface area contributed by atoms with Crippen LogP contribution < -0.4 is 0 Å². The quantitative estimate of drug-likeness (QED) is 0.716. The summed E-state index contributed by atoms with van der Waals surface area (Å²) in [5.74, 6) is 0. The molecule has 0 saturated carbocycles. The monoisotopic (exact) mass is 199 g/mol.